The molecule has 5 rings (SSSR count). The first kappa shape index (κ1) is 18.7. The van der Waals surface area contributed by atoms with E-state index in [1.807, 2.05) is 36.1 Å². The van der Waals surface area contributed by atoms with Crippen molar-refractivity contribution in [2.24, 2.45) is 16.3 Å². The van der Waals surface area contributed by atoms with Crippen molar-refractivity contribution in [2.45, 2.75) is 50.8 Å². The van der Waals surface area contributed by atoms with Crippen molar-refractivity contribution in [1.82, 2.24) is 20.0 Å². The minimum Gasteiger partial charge on any atom is -0.377 e. The fourth-order valence-corrected chi connectivity index (χ4v) is 5.90. The Morgan fingerprint density at radius 2 is 2.10 bits per heavy atom. The second-order valence-electron chi connectivity index (χ2n) is 8.84. The van der Waals surface area contributed by atoms with E-state index in [-0.39, 0.29) is 0 Å². The highest BCUT2D eigenvalue weighted by molar-refractivity contribution is 5.80. The molecule has 1 spiro atoms. The van der Waals surface area contributed by atoms with Gasteiger partial charge in [-0.1, -0.05) is 31.0 Å². The predicted molar refractivity (Wildman–Crippen MR) is 114 cm³/mol. The summed E-state index contributed by atoms with van der Waals surface area (Å²) in [6.45, 7) is 1.69. The van der Waals surface area contributed by atoms with Gasteiger partial charge in [-0.15, -0.1) is 0 Å². The minimum atomic E-state index is 0.330. The Bertz CT molecular complexity index is 870. The minimum absolute atomic E-state index is 0.330. The van der Waals surface area contributed by atoms with Gasteiger partial charge in [-0.3, -0.25) is 4.99 Å². The van der Waals surface area contributed by atoms with Crippen LogP contribution in [0.5, 0.6) is 0 Å². The van der Waals surface area contributed by atoms with Gasteiger partial charge >= 0.3 is 0 Å². The lowest BCUT2D eigenvalue weighted by Gasteiger charge is -2.57. The molecular formula is C23H31N5O. The molecule has 1 aromatic heterocycles. The third-order valence-electron chi connectivity index (χ3n) is 7.22. The van der Waals surface area contributed by atoms with Crippen LogP contribution in [0.1, 0.15) is 37.7 Å². The summed E-state index contributed by atoms with van der Waals surface area (Å²) < 4.78 is 8.06. The number of para-hydroxylation sites is 1. The molecule has 1 aliphatic heterocycles. The lowest BCUT2D eigenvalue weighted by Crippen LogP contribution is -2.69. The van der Waals surface area contributed by atoms with Gasteiger partial charge in [0.15, 0.2) is 5.96 Å². The van der Waals surface area contributed by atoms with Crippen molar-refractivity contribution in [3.05, 3.63) is 48.3 Å². The van der Waals surface area contributed by atoms with Crippen LogP contribution < -0.4 is 5.32 Å². The normalized spacial score (nSPS) is 27.7. The quantitative estimate of drug-likeness (QED) is 0.640. The first-order valence-corrected chi connectivity index (χ1v) is 10.9. The average molecular weight is 394 g/mol. The highest BCUT2D eigenvalue weighted by Gasteiger charge is 2.65. The Balaban J connectivity index is 1.27. The molecule has 3 unspecified atom stereocenters. The van der Waals surface area contributed by atoms with Gasteiger partial charge in [0.2, 0.25) is 0 Å². The second kappa shape index (κ2) is 7.48. The fraction of sp³-hybridized carbons (Fsp3) is 0.565. The van der Waals surface area contributed by atoms with Gasteiger partial charge < -0.3 is 15.0 Å². The zero-order chi connectivity index (χ0) is 19.8. The first-order chi connectivity index (χ1) is 14.2. The van der Waals surface area contributed by atoms with E-state index in [0.29, 0.717) is 23.5 Å². The van der Waals surface area contributed by atoms with Crippen molar-refractivity contribution in [2.75, 3.05) is 20.7 Å². The van der Waals surface area contributed by atoms with Gasteiger partial charge in [0.05, 0.1) is 18.0 Å². The van der Waals surface area contributed by atoms with Crippen LogP contribution in [0.4, 0.5) is 0 Å². The summed E-state index contributed by atoms with van der Waals surface area (Å²) in [4.78, 5) is 6.81. The third-order valence-corrected chi connectivity index (χ3v) is 7.22. The van der Waals surface area contributed by atoms with Crippen molar-refractivity contribution < 1.29 is 4.74 Å². The van der Waals surface area contributed by atoms with Crippen LogP contribution in [0.25, 0.3) is 5.69 Å². The molecule has 1 N–H and O–H groups in total. The summed E-state index contributed by atoms with van der Waals surface area (Å²) in [6, 6.07) is 10.7. The summed E-state index contributed by atoms with van der Waals surface area (Å²) in [6.07, 6.45) is 10.9. The Labute approximate surface area is 173 Å². The first-order valence-electron chi connectivity index (χ1n) is 10.9. The van der Waals surface area contributed by atoms with Crippen LogP contribution in [0.15, 0.2) is 47.7 Å². The van der Waals surface area contributed by atoms with Crippen molar-refractivity contribution in [1.29, 1.82) is 0 Å². The van der Waals surface area contributed by atoms with Gasteiger partial charge in [0.1, 0.15) is 0 Å². The Hall–Kier alpha value is -2.34. The molecule has 2 saturated carbocycles. The number of nitrogens with zero attached hydrogens (tertiary/aromatic N) is 4. The number of aromatic nitrogens is 2. The molecule has 1 aromatic carbocycles. The number of nitrogens with one attached hydrogen (secondary N) is 1. The molecule has 0 radical (unpaired) electrons. The third kappa shape index (κ3) is 3.14. The van der Waals surface area contributed by atoms with E-state index in [0.717, 1.165) is 24.8 Å². The van der Waals surface area contributed by atoms with Crippen LogP contribution in [-0.2, 0) is 11.3 Å². The number of guanidine groups is 1. The summed E-state index contributed by atoms with van der Waals surface area (Å²) in [5.41, 5.74) is 2.58. The molecule has 1 saturated heterocycles. The Morgan fingerprint density at radius 1 is 1.31 bits per heavy atom. The molecule has 6 heteroatoms. The van der Waals surface area contributed by atoms with Crippen molar-refractivity contribution >= 4 is 5.96 Å². The maximum atomic E-state index is 6.13. The number of rotatable bonds is 4. The van der Waals surface area contributed by atoms with Crippen LogP contribution in [-0.4, -0.2) is 53.5 Å². The molecule has 2 aliphatic carbocycles. The molecule has 154 valence electrons. The number of fused-ring (bicyclic) bond motifs is 2. The molecule has 29 heavy (non-hydrogen) atoms. The number of hydrogen-bond donors (Lipinski definition) is 1. The number of hydrogen-bond acceptors (Lipinski definition) is 3. The Morgan fingerprint density at radius 3 is 2.86 bits per heavy atom. The standard InChI is InChI=1S/C23H31N5O/c1-24-22(26-20-19-10-13-29-21(19)23(20)11-6-7-12-23)27(2)15-17-14-25-28(16-17)18-8-4-3-5-9-18/h3-5,8-9,14,16,19-21H,6-7,10-13,15H2,1-2H3,(H,24,26). The van der Waals surface area contributed by atoms with E-state index >= 15 is 0 Å². The lowest BCUT2D eigenvalue weighted by atomic mass is 9.54. The van der Waals surface area contributed by atoms with Gasteiger partial charge in [-0.2, -0.15) is 5.10 Å². The molecule has 6 nitrogen and oxygen atoms in total. The van der Waals surface area contributed by atoms with Gasteiger partial charge in [-0.25, -0.2) is 4.68 Å². The maximum absolute atomic E-state index is 6.13. The van der Waals surface area contributed by atoms with E-state index in [1.165, 1.54) is 37.7 Å². The zero-order valence-electron chi connectivity index (χ0n) is 17.4. The fourth-order valence-electron chi connectivity index (χ4n) is 5.90. The smallest absolute Gasteiger partial charge is 0.193 e. The highest BCUT2D eigenvalue weighted by atomic mass is 16.5. The topological polar surface area (TPSA) is 54.7 Å². The number of aliphatic imine (C=N–C) groups is 1. The second-order valence-corrected chi connectivity index (χ2v) is 8.84. The largest absolute Gasteiger partial charge is 0.377 e. The summed E-state index contributed by atoms with van der Waals surface area (Å²) in [7, 11) is 3.99. The zero-order valence-corrected chi connectivity index (χ0v) is 17.4. The molecule has 0 bridgehead atoms. The monoisotopic (exact) mass is 393 g/mol. The van der Waals surface area contributed by atoms with E-state index in [4.69, 9.17) is 4.74 Å². The maximum Gasteiger partial charge on any atom is 0.193 e. The molecule has 0 amide bonds. The summed E-state index contributed by atoms with van der Waals surface area (Å²) >= 11 is 0. The summed E-state index contributed by atoms with van der Waals surface area (Å²) in [5, 5.41) is 8.36. The van der Waals surface area contributed by atoms with E-state index < -0.39 is 0 Å². The van der Waals surface area contributed by atoms with E-state index in [9.17, 15) is 0 Å². The predicted octanol–water partition coefficient (Wildman–Crippen LogP) is 3.23. The highest BCUT2D eigenvalue weighted by Crippen LogP contribution is 2.60. The van der Waals surface area contributed by atoms with Gasteiger partial charge in [-0.05, 0) is 31.4 Å². The molecule has 2 aromatic rings. The van der Waals surface area contributed by atoms with Crippen LogP contribution in [0.2, 0.25) is 0 Å². The van der Waals surface area contributed by atoms with E-state index in [2.05, 4.69) is 45.7 Å². The van der Waals surface area contributed by atoms with Crippen LogP contribution in [0.3, 0.4) is 0 Å². The molecule has 3 atom stereocenters. The molecule has 2 heterocycles. The lowest BCUT2D eigenvalue weighted by molar-refractivity contribution is -0.125. The van der Waals surface area contributed by atoms with Crippen LogP contribution in [0, 0.1) is 11.3 Å². The SMILES string of the molecule is CN=C(NC1C2CCOC2C12CCCC2)N(C)Cc1cnn(-c2ccccc2)c1. The number of ether oxygens (including phenoxy) is 1. The molecule has 3 aliphatic rings. The molecular weight excluding hydrogens is 362 g/mol. The van der Waals surface area contributed by atoms with Gasteiger partial charge in [0, 0.05) is 56.4 Å². The average Bonchev–Trinajstić information content (AvgIpc) is 3.49. The Kier molecular flexibility index (Phi) is 4.82. The van der Waals surface area contributed by atoms with Crippen molar-refractivity contribution in [3.8, 4) is 5.69 Å². The van der Waals surface area contributed by atoms with Gasteiger partial charge in [0.25, 0.3) is 0 Å². The van der Waals surface area contributed by atoms with Crippen LogP contribution >= 0.6 is 0 Å². The molecule has 3 fully saturated rings. The van der Waals surface area contributed by atoms with E-state index in [1.54, 1.807) is 0 Å². The van der Waals surface area contributed by atoms with Crippen molar-refractivity contribution in [3.63, 3.8) is 0 Å². The number of benzene rings is 1. The summed E-state index contributed by atoms with van der Waals surface area (Å²) in [5.74, 6) is 1.61.